The Morgan fingerprint density at radius 1 is 1.33 bits per heavy atom. The number of aliphatic hydroxyl groups is 1. The van der Waals surface area contributed by atoms with Gasteiger partial charge in [0.1, 0.15) is 5.75 Å². The summed E-state index contributed by atoms with van der Waals surface area (Å²) in [6.07, 6.45) is 2.81. The van der Waals surface area contributed by atoms with Crippen molar-refractivity contribution in [2.24, 2.45) is 0 Å². The van der Waals surface area contributed by atoms with E-state index in [2.05, 4.69) is 18.3 Å². The van der Waals surface area contributed by atoms with E-state index in [9.17, 15) is 5.11 Å². The SMILES string of the molecule is CCc1ccccc1OCCCC(C)(CO)NC. The van der Waals surface area contributed by atoms with Gasteiger partial charge in [0.2, 0.25) is 0 Å². The van der Waals surface area contributed by atoms with Gasteiger partial charge in [-0.3, -0.25) is 0 Å². The van der Waals surface area contributed by atoms with Gasteiger partial charge in [-0.05, 0) is 44.9 Å². The fraction of sp³-hybridized carbons (Fsp3) is 0.600. The van der Waals surface area contributed by atoms with E-state index in [0.717, 1.165) is 25.0 Å². The van der Waals surface area contributed by atoms with Gasteiger partial charge in [0.15, 0.2) is 0 Å². The summed E-state index contributed by atoms with van der Waals surface area (Å²) in [5, 5.41) is 12.4. The van der Waals surface area contributed by atoms with Crippen LogP contribution in [-0.2, 0) is 6.42 Å². The first-order valence-electron chi connectivity index (χ1n) is 6.65. The molecule has 0 aromatic heterocycles. The van der Waals surface area contributed by atoms with Crippen LogP contribution in [0.1, 0.15) is 32.3 Å². The molecular weight excluding hydrogens is 226 g/mol. The van der Waals surface area contributed by atoms with E-state index >= 15 is 0 Å². The van der Waals surface area contributed by atoms with E-state index in [-0.39, 0.29) is 12.1 Å². The third kappa shape index (κ3) is 4.31. The van der Waals surface area contributed by atoms with Crippen LogP contribution in [0.2, 0.25) is 0 Å². The molecule has 0 saturated heterocycles. The number of ether oxygens (including phenoxy) is 1. The molecule has 0 fully saturated rings. The molecule has 102 valence electrons. The standard InChI is InChI=1S/C15H25NO2/c1-4-13-8-5-6-9-14(13)18-11-7-10-15(2,12-17)16-3/h5-6,8-9,16-17H,4,7,10-12H2,1-3H3. The van der Waals surface area contributed by atoms with E-state index in [0.29, 0.717) is 6.61 Å². The van der Waals surface area contributed by atoms with Crippen LogP contribution in [-0.4, -0.2) is 30.9 Å². The van der Waals surface area contributed by atoms with Crippen LogP contribution in [0, 0.1) is 0 Å². The smallest absolute Gasteiger partial charge is 0.122 e. The number of rotatable bonds is 8. The van der Waals surface area contributed by atoms with Crippen molar-refractivity contribution in [3.8, 4) is 5.75 Å². The Hall–Kier alpha value is -1.06. The second-order valence-corrected chi connectivity index (χ2v) is 4.88. The van der Waals surface area contributed by atoms with Crippen molar-refractivity contribution >= 4 is 0 Å². The molecule has 3 nitrogen and oxygen atoms in total. The van der Waals surface area contributed by atoms with E-state index in [1.54, 1.807) is 0 Å². The summed E-state index contributed by atoms with van der Waals surface area (Å²) < 4.78 is 5.80. The summed E-state index contributed by atoms with van der Waals surface area (Å²) in [6, 6.07) is 8.15. The lowest BCUT2D eigenvalue weighted by atomic mass is 9.97. The number of hydrogen-bond acceptors (Lipinski definition) is 3. The van der Waals surface area contributed by atoms with Crippen molar-refractivity contribution in [3.05, 3.63) is 29.8 Å². The van der Waals surface area contributed by atoms with E-state index in [4.69, 9.17) is 4.74 Å². The summed E-state index contributed by atoms with van der Waals surface area (Å²) in [4.78, 5) is 0. The van der Waals surface area contributed by atoms with Crippen LogP contribution in [0.4, 0.5) is 0 Å². The van der Waals surface area contributed by atoms with E-state index < -0.39 is 0 Å². The molecule has 0 heterocycles. The molecule has 1 aromatic rings. The third-order valence-electron chi connectivity index (χ3n) is 3.44. The van der Waals surface area contributed by atoms with Crippen molar-refractivity contribution in [3.63, 3.8) is 0 Å². The first-order valence-corrected chi connectivity index (χ1v) is 6.65. The molecule has 3 heteroatoms. The quantitative estimate of drug-likeness (QED) is 0.697. The van der Waals surface area contributed by atoms with Crippen molar-refractivity contribution in [2.45, 2.75) is 38.6 Å². The molecule has 0 amide bonds. The summed E-state index contributed by atoms with van der Waals surface area (Å²) in [5.41, 5.74) is 1.05. The number of aryl methyl sites for hydroxylation is 1. The predicted octanol–water partition coefficient (Wildman–Crippen LogP) is 2.38. The Bertz CT molecular complexity index is 348. The van der Waals surface area contributed by atoms with Gasteiger partial charge in [-0.15, -0.1) is 0 Å². The maximum atomic E-state index is 9.28. The van der Waals surface area contributed by atoms with Crippen LogP contribution in [0.3, 0.4) is 0 Å². The first kappa shape index (κ1) is 15.0. The Labute approximate surface area is 110 Å². The second kappa shape index (κ2) is 7.39. The van der Waals surface area contributed by atoms with Crippen LogP contribution in [0.15, 0.2) is 24.3 Å². The molecule has 0 spiro atoms. The lowest BCUT2D eigenvalue weighted by Gasteiger charge is -2.26. The Balaban J connectivity index is 2.38. The third-order valence-corrected chi connectivity index (χ3v) is 3.44. The van der Waals surface area contributed by atoms with E-state index in [1.807, 2.05) is 32.2 Å². The van der Waals surface area contributed by atoms with Gasteiger partial charge in [-0.25, -0.2) is 0 Å². The zero-order chi connectivity index (χ0) is 13.4. The Morgan fingerprint density at radius 2 is 2.06 bits per heavy atom. The molecule has 1 atom stereocenters. The maximum Gasteiger partial charge on any atom is 0.122 e. The van der Waals surface area contributed by atoms with Crippen LogP contribution in [0.25, 0.3) is 0 Å². The molecule has 0 bridgehead atoms. The zero-order valence-corrected chi connectivity index (χ0v) is 11.7. The maximum absolute atomic E-state index is 9.28. The zero-order valence-electron chi connectivity index (χ0n) is 11.7. The largest absolute Gasteiger partial charge is 0.493 e. The molecule has 18 heavy (non-hydrogen) atoms. The van der Waals surface area contributed by atoms with Gasteiger partial charge in [-0.1, -0.05) is 25.1 Å². The molecule has 1 rings (SSSR count). The van der Waals surface area contributed by atoms with Gasteiger partial charge in [0, 0.05) is 5.54 Å². The average Bonchev–Trinajstić information content (AvgIpc) is 2.43. The van der Waals surface area contributed by atoms with Crippen molar-refractivity contribution < 1.29 is 9.84 Å². The topological polar surface area (TPSA) is 41.5 Å². The van der Waals surface area contributed by atoms with E-state index in [1.165, 1.54) is 5.56 Å². The molecular formula is C15H25NO2. The monoisotopic (exact) mass is 251 g/mol. The lowest BCUT2D eigenvalue weighted by molar-refractivity contribution is 0.163. The molecule has 0 aliphatic carbocycles. The molecule has 0 aliphatic rings. The average molecular weight is 251 g/mol. The number of likely N-dealkylation sites (N-methyl/N-ethyl adjacent to an activating group) is 1. The molecule has 1 aromatic carbocycles. The fourth-order valence-electron chi connectivity index (χ4n) is 1.86. The summed E-state index contributed by atoms with van der Waals surface area (Å²) >= 11 is 0. The van der Waals surface area contributed by atoms with Crippen molar-refractivity contribution in [2.75, 3.05) is 20.3 Å². The minimum absolute atomic E-state index is 0.148. The summed E-state index contributed by atoms with van der Waals surface area (Å²) in [7, 11) is 1.88. The van der Waals surface area contributed by atoms with Gasteiger partial charge in [0.05, 0.1) is 13.2 Å². The molecule has 0 saturated carbocycles. The number of para-hydroxylation sites is 1. The van der Waals surface area contributed by atoms with Crippen LogP contribution >= 0.6 is 0 Å². The fourth-order valence-corrected chi connectivity index (χ4v) is 1.86. The minimum Gasteiger partial charge on any atom is -0.493 e. The predicted molar refractivity (Wildman–Crippen MR) is 75.1 cm³/mol. The van der Waals surface area contributed by atoms with Gasteiger partial charge >= 0.3 is 0 Å². The number of benzene rings is 1. The number of aliphatic hydroxyl groups excluding tert-OH is 1. The normalized spacial score (nSPS) is 14.2. The molecule has 2 N–H and O–H groups in total. The molecule has 0 radical (unpaired) electrons. The highest BCUT2D eigenvalue weighted by atomic mass is 16.5. The van der Waals surface area contributed by atoms with Crippen molar-refractivity contribution in [1.82, 2.24) is 5.32 Å². The number of nitrogens with one attached hydrogen (secondary N) is 1. The minimum atomic E-state index is -0.201. The highest BCUT2D eigenvalue weighted by molar-refractivity contribution is 5.33. The van der Waals surface area contributed by atoms with Crippen molar-refractivity contribution in [1.29, 1.82) is 0 Å². The highest BCUT2D eigenvalue weighted by Crippen LogP contribution is 2.19. The second-order valence-electron chi connectivity index (χ2n) is 4.88. The highest BCUT2D eigenvalue weighted by Gasteiger charge is 2.19. The first-order chi connectivity index (χ1) is 8.65. The van der Waals surface area contributed by atoms with Gasteiger partial charge in [0.25, 0.3) is 0 Å². The van der Waals surface area contributed by atoms with Gasteiger partial charge < -0.3 is 15.2 Å². The van der Waals surface area contributed by atoms with Crippen LogP contribution < -0.4 is 10.1 Å². The Kier molecular flexibility index (Phi) is 6.16. The lowest BCUT2D eigenvalue weighted by Crippen LogP contribution is -2.43. The molecule has 0 aliphatic heterocycles. The van der Waals surface area contributed by atoms with Gasteiger partial charge in [-0.2, -0.15) is 0 Å². The summed E-state index contributed by atoms with van der Waals surface area (Å²) in [6.45, 7) is 4.99. The number of hydrogen-bond donors (Lipinski definition) is 2. The van der Waals surface area contributed by atoms with Crippen LogP contribution in [0.5, 0.6) is 5.75 Å². The Morgan fingerprint density at radius 3 is 2.67 bits per heavy atom. The summed E-state index contributed by atoms with van der Waals surface area (Å²) in [5.74, 6) is 0.982. The molecule has 1 unspecified atom stereocenters.